The highest BCUT2D eigenvalue weighted by Gasteiger charge is 2.08. The zero-order valence-corrected chi connectivity index (χ0v) is 13.6. The molecule has 6 nitrogen and oxygen atoms in total. The number of ether oxygens (including phenoxy) is 2. The molecule has 1 aromatic heterocycles. The molecule has 0 fully saturated rings. The van der Waals surface area contributed by atoms with Crippen molar-refractivity contribution >= 4 is 16.9 Å². The van der Waals surface area contributed by atoms with Crippen LogP contribution in [0.2, 0.25) is 0 Å². The fourth-order valence-electron chi connectivity index (χ4n) is 2.36. The third-order valence-corrected chi connectivity index (χ3v) is 3.59. The number of rotatable bonds is 7. The fourth-order valence-corrected chi connectivity index (χ4v) is 2.36. The van der Waals surface area contributed by atoms with E-state index in [2.05, 4.69) is 4.98 Å². The van der Waals surface area contributed by atoms with Gasteiger partial charge in [-0.2, -0.15) is 0 Å². The highest BCUT2D eigenvalue weighted by Crippen LogP contribution is 2.08. The smallest absolute Gasteiger partial charge is 0.326 e. The number of aromatic nitrogens is 2. The predicted octanol–water partition coefficient (Wildman–Crippen LogP) is 2.41. The van der Waals surface area contributed by atoms with Gasteiger partial charge in [0.2, 0.25) is 0 Å². The molecule has 2 aromatic carbocycles. The topological polar surface area (TPSA) is 70.4 Å². The highest BCUT2D eigenvalue weighted by molar-refractivity contribution is 5.77. The Balaban J connectivity index is 1.46. The molecule has 3 aromatic rings. The van der Waals surface area contributed by atoms with Gasteiger partial charge in [-0.05, 0) is 24.3 Å². The van der Waals surface area contributed by atoms with Crippen molar-refractivity contribution in [1.29, 1.82) is 0 Å². The Morgan fingerprint density at radius 3 is 2.60 bits per heavy atom. The normalized spacial score (nSPS) is 10.6. The number of carbonyl (C=O) groups is 1. The van der Waals surface area contributed by atoms with Crippen molar-refractivity contribution in [2.45, 2.75) is 13.0 Å². The van der Waals surface area contributed by atoms with Crippen LogP contribution >= 0.6 is 0 Å². The van der Waals surface area contributed by atoms with E-state index in [-0.39, 0.29) is 18.7 Å². The summed E-state index contributed by atoms with van der Waals surface area (Å²) >= 11 is 0. The number of hydrogen-bond acceptors (Lipinski definition) is 5. The molecule has 0 atom stereocenters. The van der Waals surface area contributed by atoms with Crippen LogP contribution in [0.1, 0.15) is 6.42 Å². The van der Waals surface area contributed by atoms with Crippen LogP contribution in [-0.4, -0.2) is 28.7 Å². The Hall–Kier alpha value is -3.15. The molecule has 0 aliphatic carbocycles. The van der Waals surface area contributed by atoms with Gasteiger partial charge in [0.1, 0.15) is 12.3 Å². The number of esters is 1. The lowest BCUT2D eigenvalue weighted by Gasteiger charge is -2.08. The summed E-state index contributed by atoms with van der Waals surface area (Å²) in [6.45, 7) is 0.534. The maximum absolute atomic E-state index is 12.3. The van der Waals surface area contributed by atoms with Crippen molar-refractivity contribution in [3.05, 3.63) is 71.3 Å². The third-order valence-electron chi connectivity index (χ3n) is 3.59. The second-order valence-electron chi connectivity index (χ2n) is 5.43. The second kappa shape index (κ2) is 8.10. The van der Waals surface area contributed by atoms with Gasteiger partial charge in [0.05, 0.1) is 30.4 Å². The minimum absolute atomic E-state index is 0.157. The Labute approximate surface area is 144 Å². The van der Waals surface area contributed by atoms with Crippen molar-refractivity contribution in [3.63, 3.8) is 0 Å². The summed E-state index contributed by atoms with van der Waals surface area (Å²) in [5.74, 6) is 0.307. The van der Waals surface area contributed by atoms with E-state index in [1.165, 1.54) is 10.9 Å². The first-order valence-corrected chi connectivity index (χ1v) is 8.02. The molecule has 0 saturated heterocycles. The van der Waals surface area contributed by atoms with Gasteiger partial charge in [0.15, 0.2) is 0 Å². The third kappa shape index (κ3) is 4.44. The van der Waals surface area contributed by atoms with Crippen LogP contribution < -0.4 is 10.3 Å². The zero-order valence-electron chi connectivity index (χ0n) is 13.6. The number of fused-ring (bicyclic) bond motifs is 1. The molecule has 0 radical (unpaired) electrons. The molecule has 1 heterocycles. The number of para-hydroxylation sites is 2. The Kier molecular flexibility index (Phi) is 5.41. The first kappa shape index (κ1) is 16.7. The van der Waals surface area contributed by atoms with Crippen LogP contribution in [0, 0.1) is 0 Å². The lowest BCUT2D eigenvalue weighted by atomic mass is 10.2. The van der Waals surface area contributed by atoms with Crippen molar-refractivity contribution in [3.8, 4) is 5.75 Å². The molecule has 6 heteroatoms. The van der Waals surface area contributed by atoms with E-state index in [4.69, 9.17) is 9.47 Å². The van der Waals surface area contributed by atoms with Gasteiger partial charge in [0, 0.05) is 6.42 Å². The summed E-state index contributed by atoms with van der Waals surface area (Å²) < 4.78 is 11.9. The van der Waals surface area contributed by atoms with Crippen LogP contribution in [-0.2, 0) is 16.1 Å². The monoisotopic (exact) mass is 338 g/mol. The maximum atomic E-state index is 12.3. The van der Waals surface area contributed by atoms with Gasteiger partial charge in [0.25, 0.3) is 5.56 Å². The molecule has 0 bridgehead atoms. The quantitative estimate of drug-likeness (QED) is 0.489. The van der Waals surface area contributed by atoms with E-state index in [1.807, 2.05) is 36.4 Å². The molecular weight excluding hydrogens is 320 g/mol. The van der Waals surface area contributed by atoms with Crippen LogP contribution in [0.5, 0.6) is 5.75 Å². The van der Waals surface area contributed by atoms with E-state index >= 15 is 0 Å². The number of hydrogen-bond donors (Lipinski definition) is 0. The van der Waals surface area contributed by atoms with Crippen molar-refractivity contribution in [2.24, 2.45) is 0 Å². The molecule has 0 aliphatic rings. The lowest BCUT2D eigenvalue weighted by molar-refractivity contribution is -0.144. The van der Waals surface area contributed by atoms with Gasteiger partial charge in [-0.25, -0.2) is 4.98 Å². The Bertz CT molecular complexity index is 906. The first-order chi connectivity index (χ1) is 12.2. The standard InChI is InChI=1S/C19H18N2O4/c22-18(25-12-6-11-24-15-7-2-1-3-8-15)13-21-14-20-17-10-5-4-9-16(17)19(21)23/h1-5,7-10,14H,6,11-13H2. The Morgan fingerprint density at radius 1 is 1.00 bits per heavy atom. The highest BCUT2D eigenvalue weighted by atomic mass is 16.5. The number of carbonyl (C=O) groups excluding carboxylic acids is 1. The number of nitrogens with zero attached hydrogens (tertiary/aromatic N) is 2. The first-order valence-electron chi connectivity index (χ1n) is 8.02. The summed E-state index contributed by atoms with van der Waals surface area (Å²) in [5.41, 5.74) is 0.352. The molecule has 0 saturated carbocycles. The minimum atomic E-state index is -0.473. The average Bonchev–Trinajstić information content (AvgIpc) is 2.65. The second-order valence-corrected chi connectivity index (χ2v) is 5.43. The molecule has 128 valence electrons. The molecular formula is C19H18N2O4. The zero-order chi connectivity index (χ0) is 17.5. The summed E-state index contributed by atoms with van der Waals surface area (Å²) in [4.78, 5) is 28.3. The molecule has 0 N–H and O–H groups in total. The van der Waals surface area contributed by atoms with Crippen LogP contribution in [0.15, 0.2) is 65.7 Å². The van der Waals surface area contributed by atoms with Crippen molar-refractivity contribution in [2.75, 3.05) is 13.2 Å². The molecule has 0 spiro atoms. The summed E-state index contributed by atoms with van der Waals surface area (Å²) in [5, 5.41) is 0.481. The molecule has 25 heavy (non-hydrogen) atoms. The van der Waals surface area contributed by atoms with E-state index in [9.17, 15) is 9.59 Å². The van der Waals surface area contributed by atoms with Gasteiger partial charge < -0.3 is 9.47 Å². The van der Waals surface area contributed by atoms with Gasteiger partial charge >= 0.3 is 5.97 Å². The SMILES string of the molecule is O=C(Cn1cnc2ccccc2c1=O)OCCCOc1ccccc1. The summed E-state index contributed by atoms with van der Waals surface area (Å²) in [6.07, 6.45) is 1.94. The van der Waals surface area contributed by atoms with Gasteiger partial charge in [-0.1, -0.05) is 30.3 Å². The molecule has 0 amide bonds. The minimum Gasteiger partial charge on any atom is -0.493 e. The van der Waals surface area contributed by atoms with E-state index in [0.29, 0.717) is 23.9 Å². The van der Waals surface area contributed by atoms with Crippen molar-refractivity contribution in [1.82, 2.24) is 9.55 Å². The largest absolute Gasteiger partial charge is 0.493 e. The van der Waals surface area contributed by atoms with Gasteiger partial charge in [-0.3, -0.25) is 14.2 Å². The molecule has 0 unspecified atom stereocenters. The van der Waals surface area contributed by atoms with Gasteiger partial charge in [-0.15, -0.1) is 0 Å². The lowest BCUT2D eigenvalue weighted by Crippen LogP contribution is -2.26. The summed E-state index contributed by atoms with van der Waals surface area (Å²) in [7, 11) is 0. The molecule has 3 rings (SSSR count). The van der Waals surface area contributed by atoms with Crippen molar-refractivity contribution < 1.29 is 14.3 Å². The van der Waals surface area contributed by atoms with E-state index in [0.717, 1.165) is 5.75 Å². The summed E-state index contributed by atoms with van der Waals surface area (Å²) in [6, 6.07) is 16.5. The van der Waals surface area contributed by atoms with Crippen LogP contribution in [0.4, 0.5) is 0 Å². The molecule has 0 aliphatic heterocycles. The van der Waals surface area contributed by atoms with Crippen LogP contribution in [0.25, 0.3) is 10.9 Å². The van der Waals surface area contributed by atoms with E-state index < -0.39 is 5.97 Å². The Morgan fingerprint density at radius 2 is 1.76 bits per heavy atom. The van der Waals surface area contributed by atoms with E-state index in [1.54, 1.807) is 18.2 Å². The fraction of sp³-hybridized carbons (Fsp3) is 0.211. The predicted molar refractivity (Wildman–Crippen MR) is 93.5 cm³/mol. The number of benzene rings is 2. The average molecular weight is 338 g/mol. The van der Waals surface area contributed by atoms with Crippen LogP contribution in [0.3, 0.4) is 0 Å². The maximum Gasteiger partial charge on any atom is 0.326 e.